The van der Waals surface area contributed by atoms with Gasteiger partial charge in [-0.2, -0.15) is 0 Å². The maximum atomic E-state index is 10.9. The van der Waals surface area contributed by atoms with Crippen LogP contribution in [0.2, 0.25) is 0 Å². The highest BCUT2D eigenvalue weighted by Gasteiger charge is 2.21. The van der Waals surface area contributed by atoms with Gasteiger partial charge in [0.2, 0.25) is 0 Å². The highest BCUT2D eigenvalue weighted by Crippen LogP contribution is 2.37. The Morgan fingerprint density at radius 2 is 1.90 bits per heavy atom. The minimum atomic E-state index is -0.944. The van der Waals surface area contributed by atoms with Crippen LogP contribution < -0.4 is 9.47 Å². The molecule has 0 aliphatic heterocycles. The van der Waals surface area contributed by atoms with Crippen molar-refractivity contribution in [3.8, 4) is 17.2 Å². The molecule has 0 aliphatic carbocycles. The molecule has 0 radical (unpaired) electrons. The molecule has 0 atom stereocenters. The Labute approximate surface area is 128 Å². The van der Waals surface area contributed by atoms with Crippen LogP contribution in [-0.4, -0.2) is 18.2 Å². The summed E-state index contributed by atoms with van der Waals surface area (Å²) in [6.07, 6.45) is 0. The van der Waals surface area contributed by atoms with E-state index in [1.54, 1.807) is 12.5 Å². The molecule has 5 heteroatoms. The predicted molar refractivity (Wildman–Crippen MR) is 83.0 cm³/mol. The molecular weight excluding hydrogens is 288 g/mol. The SMILES string of the molecule is COc1ccc(Oc2csc(C(=O)O)c2)c(C(C)(C)C)c1. The minimum absolute atomic E-state index is 0.116. The topological polar surface area (TPSA) is 55.8 Å². The van der Waals surface area contributed by atoms with Crippen molar-refractivity contribution in [2.24, 2.45) is 0 Å². The Kier molecular flexibility index (Phi) is 4.23. The fourth-order valence-corrected chi connectivity index (χ4v) is 2.57. The molecular formula is C16H18O4S. The van der Waals surface area contributed by atoms with Gasteiger partial charge in [-0.05, 0) is 23.6 Å². The van der Waals surface area contributed by atoms with E-state index in [2.05, 4.69) is 20.8 Å². The fraction of sp³-hybridized carbons (Fsp3) is 0.312. The van der Waals surface area contributed by atoms with Crippen molar-refractivity contribution in [3.05, 3.63) is 40.1 Å². The number of hydrogen-bond acceptors (Lipinski definition) is 4. The normalized spacial score (nSPS) is 11.2. The van der Waals surface area contributed by atoms with E-state index in [1.165, 1.54) is 6.07 Å². The summed E-state index contributed by atoms with van der Waals surface area (Å²) in [6.45, 7) is 6.26. The van der Waals surface area contributed by atoms with Gasteiger partial charge < -0.3 is 14.6 Å². The molecule has 0 bridgehead atoms. The summed E-state index contributed by atoms with van der Waals surface area (Å²) < 4.78 is 11.1. The first kappa shape index (κ1) is 15.4. The Bertz CT molecular complexity index is 653. The molecule has 1 heterocycles. The number of benzene rings is 1. The lowest BCUT2D eigenvalue weighted by molar-refractivity contribution is 0.0702. The van der Waals surface area contributed by atoms with Gasteiger partial charge in [-0.25, -0.2) is 4.79 Å². The second kappa shape index (κ2) is 5.77. The maximum Gasteiger partial charge on any atom is 0.346 e. The number of rotatable bonds is 4. The van der Waals surface area contributed by atoms with E-state index >= 15 is 0 Å². The summed E-state index contributed by atoms with van der Waals surface area (Å²) in [7, 11) is 1.63. The van der Waals surface area contributed by atoms with Crippen molar-refractivity contribution in [1.82, 2.24) is 0 Å². The van der Waals surface area contributed by atoms with Crippen LogP contribution in [0, 0.1) is 0 Å². The molecule has 1 aromatic carbocycles. The molecule has 0 fully saturated rings. The lowest BCUT2D eigenvalue weighted by atomic mass is 9.86. The van der Waals surface area contributed by atoms with E-state index in [4.69, 9.17) is 14.6 Å². The molecule has 0 unspecified atom stereocenters. The number of carboxylic acid groups (broad SMARTS) is 1. The molecule has 0 aliphatic rings. The number of carboxylic acids is 1. The van der Waals surface area contributed by atoms with Gasteiger partial charge in [0.15, 0.2) is 0 Å². The Hall–Kier alpha value is -2.01. The maximum absolute atomic E-state index is 10.9. The number of ether oxygens (including phenoxy) is 2. The monoisotopic (exact) mass is 306 g/mol. The highest BCUT2D eigenvalue weighted by atomic mass is 32.1. The van der Waals surface area contributed by atoms with Crippen molar-refractivity contribution in [3.63, 3.8) is 0 Å². The van der Waals surface area contributed by atoms with Gasteiger partial charge in [0.05, 0.1) is 7.11 Å². The van der Waals surface area contributed by atoms with Crippen LogP contribution in [-0.2, 0) is 5.41 Å². The summed E-state index contributed by atoms with van der Waals surface area (Å²) >= 11 is 1.15. The number of methoxy groups -OCH3 is 1. The lowest BCUT2D eigenvalue weighted by Gasteiger charge is -2.23. The van der Waals surface area contributed by atoms with Crippen molar-refractivity contribution >= 4 is 17.3 Å². The molecule has 0 saturated heterocycles. The number of carbonyl (C=O) groups is 1. The first-order chi connectivity index (χ1) is 9.81. The summed E-state index contributed by atoms with van der Waals surface area (Å²) in [4.78, 5) is 11.2. The second-order valence-corrected chi connectivity index (χ2v) is 6.58. The van der Waals surface area contributed by atoms with E-state index in [0.29, 0.717) is 11.5 Å². The van der Waals surface area contributed by atoms with Crippen molar-refractivity contribution in [2.75, 3.05) is 7.11 Å². The third kappa shape index (κ3) is 3.55. The third-order valence-electron chi connectivity index (χ3n) is 3.01. The Morgan fingerprint density at radius 3 is 2.43 bits per heavy atom. The number of thiophene rings is 1. The van der Waals surface area contributed by atoms with E-state index in [9.17, 15) is 4.79 Å². The number of hydrogen-bond donors (Lipinski definition) is 1. The predicted octanol–water partition coefficient (Wildman–Crippen LogP) is 4.54. The van der Waals surface area contributed by atoms with Crippen LogP contribution in [0.15, 0.2) is 29.6 Å². The Balaban J connectivity index is 2.36. The van der Waals surface area contributed by atoms with Gasteiger partial charge in [-0.1, -0.05) is 20.8 Å². The summed E-state index contributed by atoms with van der Waals surface area (Å²) in [5.41, 5.74) is 0.889. The van der Waals surface area contributed by atoms with E-state index in [-0.39, 0.29) is 10.3 Å². The van der Waals surface area contributed by atoms with Gasteiger partial charge in [0.25, 0.3) is 0 Å². The number of aromatic carboxylic acids is 1. The summed E-state index contributed by atoms with van der Waals surface area (Å²) in [5.74, 6) is 1.07. The molecule has 2 aromatic rings. The molecule has 4 nitrogen and oxygen atoms in total. The fourth-order valence-electron chi connectivity index (χ4n) is 1.92. The van der Waals surface area contributed by atoms with Crippen LogP contribution in [0.25, 0.3) is 0 Å². The van der Waals surface area contributed by atoms with E-state index < -0.39 is 5.97 Å². The van der Waals surface area contributed by atoms with Crippen LogP contribution >= 0.6 is 11.3 Å². The first-order valence-corrected chi connectivity index (χ1v) is 7.37. The van der Waals surface area contributed by atoms with Gasteiger partial charge in [-0.3, -0.25) is 0 Å². The molecule has 112 valence electrons. The van der Waals surface area contributed by atoms with Crippen LogP contribution in [0.3, 0.4) is 0 Å². The van der Waals surface area contributed by atoms with E-state index in [0.717, 1.165) is 22.6 Å². The van der Waals surface area contributed by atoms with Gasteiger partial charge in [0.1, 0.15) is 22.1 Å². The molecule has 1 N–H and O–H groups in total. The van der Waals surface area contributed by atoms with Crippen LogP contribution in [0.4, 0.5) is 0 Å². The average molecular weight is 306 g/mol. The van der Waals surface area contributed by atoms with Gasteiger partial charge in [-0.15, -0.1) is 11.3 Å². The van der Waals surface area contributed by atoms with Crippen molar-refractivity contribution in [1.29, 1.82) is 0 Å². The van der Waals surface area contributed by atoms with Crippen LogP contribution in [0.5, 0.6) is 17.2 Å². The first-order valence-electron chi connectivity index (χ1n) is 6.49. The smallest absolute Gasteiger partial charge is 0.346 e. The molecule has 2 rings (SSSR count). The lowest BCUT2D eigenvalue weighted by Crippen LogP contribution is -2.12. The zero-order valence-corrected chi connectivity index (χ0v) is 13.3. The molecule has 0 saturated carbocycles. The van der Waals surface area contributed by atoms with Gasteiger partial charge in [0, 0.05) is 17.0 Å². The summed E-state index contributed by atoms with van der Waals surface area (Å²) in [5, 5.41) is 10.6. The quantitative estimate of drug-likeness (QED) is 0.900. The molecule has 0 amide bonds. The van der Waals surface area contributed by atoms with Gasteiger partial charge >= 0.3 is 5.97 Å². The Morgan fingerprint density at radius 1 is 1.19 bits per heavy atom. The van der Waals surface area contributed by atoms with Crippen molar-refractivity contribution in [2.45, 2.75) is 26.2 Å². The molecule has 1 aromatic heterocycles. The highest BCUT2D eigenvalue weighted by molar-refractivity contribution is 7.12. The zero-order valence-electron chi connectivity index (χ0n) is 12.5. The summed E-state index contributed by atoms with van der Waals surface area (Å²) in [6, 6.07) is 7.15. The second-order valence-electron chi connectivity index (χ2n) is 5.67. The van der Waals surface area contributed by atoms with E-state index in [1.807, 2.05) is 18.2 Å². The third-order valence-corrected chi connectivity index (χ3v) is 3.91. The zero-order chi connectivity index (χ0) is 15.6. The van der Waals surface area contributed by atoms with Crippen LogP contribution in [0.1, 0.15) is 36.0 Å². The standard InChI is InChI=1S/C16H18O4S/c1-16(2,3)12-7-10(19-4)5-6-13(12)20-11-8-14(15(17)18)21-9-11/h5-9H,1-4H3,(H,17,18). The average Bonchev–Trinajstić information content (AvgIpc) is 2.86. The minimum Gasteiger partial charge on any atom is -0.497 e. The van der Waals surface area contributed by atoms with Crippen molar-refractivity contribution < 1.29 is 19.4 Å². The molecule has 21 heavy (non-hydrogen) atoms. The largest absolute Gasteiger partial charge is 0.497 e. The molecule has 0 spiro atoms.